The summed E-state index contributed by atoms with van der Waals surface area (Å²) in [7, 11) is 0. The lowest BCUT2D eigenvalue weighted by Gasteiger charge is -2.34. The van der Waals surface area contributed by atoms with Crippen molar-refractivity contribution in [3.63, 3.8) is 0 Å². The molecule has 53 heavy (non-hydrogen) atoms. The van der Waals surface area contributed by atoms with Gasteiger partial charge in [-0.2, -0.15) is 0 Å². The molecule has 1 aromatic heterocycles. The molecule has 0 saturated carbocycles. The minimum atomic E-state index is -0.468. The van der Waals surface area contributed by atoms with Gasteiger partial charge in [-0.3, -0.25) is 0 Å². The predicted octanol–water partition coefficient (Wildman–Crippen LogP) is 13.1. The lowest BCUT2D eigenvalue weighted by Crippen LogP contribution is -2.28. The van der Waals surface area contributed by atoms with E-state index in [2.05, 4.69) is 206 Å². The van der Waals surface area contributed by atoms with Gasteiger partial charge in [-0.25, -0.2) is 0 Å². The third kappa shape index (κ3) is 4.02. The van der Waals surface area contributed by atoms with Gasteiger partial charge in [0, 0.05) is 21.8 Å². The van der Waals surface area contributed by atoms with E-state index in [1.165, 1.54) is 94.3 Å². The van der Waals surface area contributed by atoms with Crippen LogP contribution in [0.15, 0.2) is 188 Å². The molecule has 0 atom stereocenters. The van der Waals surface area contributed by atoms with E-state index >= 15 is 0 Å². The number of aromatic nitrogens is 1. The van der Waals surface area contributed by atoms with Crippen LogP contribution in [0.5, 0.6) is 0 Å². The van der Waals surface area contributed by atoms with Crippen molar-refractivity contribution in [3.8, 4) is 39.1 Å². The Morgan fingerprint density at radius 2 is 0.887 bits per heavy atom. The molecule has 0 bridgehead atoms. The van der Waals surface area contributed by atoms with Crippen molar-refractivity contribution in [2.45, 2.75) is 24.7 Å². The second kappa shape index (κ2) is 11.0. The quantitative estimate of drug-likeness (QED) is 0.175. The van der Waals surface area contributed by atoms with Crippen LogP contribution in [0.4, 0.5) is 0 Å². The SMILES string of the molecule is CC1(C)c2ccccc2-c2cc3c4cc(C5(c6ccccc6)c6ccccc6-c6ccccc65)ccc4n(-c4ccccc4-c4ccccc4)c3cc21. The van der Waals surface area contributed by atoms with Crippen molar-refractivity contribution >= 4 is 21.8 Å². The number of hydrogen-bond donors (Lipinski definition) is 0. The van der Waals surface area contributed by atoms with Gasteiger partial charge < -0.3 is 4.57 Å². The standard InChI is InChI=1S/C52H37N/c1-51(2)44-25-13-9-24-40(44)41-32-43-42-31-36(52(35-19-7-4-8-20-35)45-26-14-10-22-38(45)39-23-11-15-27-46(39)52)29-30-49(42)53(50(43)33-47(41)51)48-28-16-12-21-37(48)34-17-5-3-6-18-34/h3-33H,1-2H3. The Kier molecular flexibility index (Phi) is 6.29. The highest BCUT2D eigenvalue weighted by Gasteiger charge is 2.46. The maximum atomic E-state index is 2.53. The highest BCUT2D eigenvalue weighted by Crippen LogP contribution is 2.57. The summed E-state index contributed by atoms with van der Waals surface area (Å²) in [6.07, 6.45) is 0. The Balaban J connectivity index is 1.28. The zero-order valence-electron chi connectivity index (χ0n) is 29.8. The summed E-state index contributed by atoms with van der Waals surface area (Å²) in [5.41, 5.74) is 18.8. The number of hydrogen-bond acceptors (Lipinski definition) is 0. The maximum absolute atomic E-state index is 2.53. The Morgan fingerprint density at radius 1 is 0.358 bits per heavy atom. The number of nitrogens with zero attached hydrogens (tertiary/aromatic N) is 1. The van der Waals surface area contributed by atoms with Crippen LogP contribution in [-0.4, -0.2) is 4.57 Å². The first-order valence-corrected chi connectivity index (χ1v) is 18.7. The fourth-order valence-electron chi connectivity index (χ4n) is 9.95. The van der Waals surface area contributed by atoms with Gasteiger partial charge in [0.15, 0.2) is 0 Å². The monoisotopic (exact) mass is 675 g/mol. The van der Waals surface area contributed by atoms with E-state index in [0.717, 1.165) is 0 Å². The summed E-state index contributed by atoms with van der Waals surface area (Å²) in [6.45, 7) is 4.76. The van der Waals surface area contributed by atoms with Crippen LogP contribution in [0.1, 0.15) is 47.2 Å². The highest BCUT2D eigenvalue weighted by atomic mass is 15.0. The summed E-state index contributed by atoms with van der Waals surface area (Å²) in [5, 5.41) is 2.54. The fourth-order valence-corrected chi connectivity index (χ4v) is 9.95. The smallest absolute Gasteiger partial charge is 0.0713 e. The second-order valence-electron chi connectivity index (χ2n) is 15.2. The average Bonchev–Trinajstić information content (AvgIpc) is 3.79. The van der Waals surface area contributed by atoms with Crippen LogP contribution in [0.25, 0.3) is 60.9 Å². The fraction of sp³-hybridized carbons (Fsp3) is 0.0769. The van der Waals surface area contributed by atoms with Crippen molar-refractivity contribution in [2.75, 3.05) is 0 Å². The van der Waals surface area contributed by atoms with Crippen molar-refractivity contribution in [3.05, 3.63) is 221 Å². The molecule has 11 rings (SSSR count). The molecule has 0 saturated heterocycles. The summed E-state index contributed by atoms with van der Waals surface area (Å²) in [4.78, 5) is 0. The van der Waals surface area contributed by atoms with Gasteiger partial charge in [-0.15, -0.1) is 0 Å². The van der Waals surface area contributed by atoms with Gasteiger partial charge in [-0.1, -0.05) is 172 Å². The van der Waals surface area contributed by atoms with Gasteiger partial charge in [0.1, 0.15) is 0 Å². The lowest BCUT2D eigenvalue weighted by atomic mass is 9.67. The molecule has 250 valence electrons. The van der Waals surface area contributed by atoms with Crippen molar-refractivity contribution in [1.29, 1.82) is 0 Å². The van der Waals surface area contributed by atoms with E-state index in [-0.39, 0.29) is 5.41 Å². The Bertz CT molecular complexity index is 2860. The van der Waals surface area contributed by atoms with E-state index in [0.29, 0.717) is 0 Å². The second-order valence-corrected chi connectivity index (χ2v) is 15.2. The molecule has 0 amide bonds. The number of benzene rings is 8. The molecular formula is C52H37N. The van der Waals surface area contributed by atoms with Gasteiger partial charge in [0.05, 0.1) is 22.1 Å². The molecule has 8 aromatic carbocycles. The first-order chi connectivity index (χ1) is 26.1. The minimum absolute atomic E-state index is 0.111. The Hall–Kier alpha value is -6.44. The molecule has 0 spiro atoms. The molecule has 1 nitrogen and oxygen atoms in total. The Labute approximate surface area is 310 Å². The van der Waals surface area contributed by atoms with Gasteiger partial charge >= 0.3 is 0 Å². The molecule has 0 unspecified atom stereocenters. The highest BCUT2D eigenvalue weighted by molar-refractivity contribution is 6.12. The van der Waals surface area contributed by atoms with Crippen LogP contribution in [0, 0.1) is 0 Å². The first-order valence-electron chi connectivity index (χ1n) is 18.7. The summed E-state index contributed by atoms with van der Waals surface area (Å²) >= 11 is 0. The van der Waals surface area contributed by atoms with E-state index in [4.69, 9.17) is 0 Å². The van der Waals surface area contributed by atoms with Gasteiger partial charge in [0.2, 0.25) is 0 Å². The largest absolute Gasteiger partial charge is 0.309 e. The van der Waals surface area contributed by atoms with Crippen molar-refractivity contribution < 1.29 is 0 Å². The molecule has 0 radical (unpaired) electrons. The molecule has 2 aliphatic carbocycles. The topological polar surface area (TPSA) is 4.93 Å². The summed E-state index contributed by atoms with van der Waals surface area (Å²) in [5.74, 6) is 0. The zero-order chi connectivity index (χ0) is 35.3. The minimum Gasteiger partial charge on any atom is -0.309 e. The third-order valence-corrected chi connectivity index (χ3v) is 12.3. The average molecular weight is 676 g/mol. The molecule has 0 N–H and O–H groups in total. The normalized spacial score (nSPS) is 14.5. The molecule has 0 aliphatic heterocycles. The maximum Gasteiger partial charge on any atom is 0.0713 e. The van der Waals surface area contributed by atoms with Crippen LogP contribution < -0.4 is 0 Å². The van der Waals surface area contributed by atoms with Crippen LogP contribution >= 0.6 is 0 Å². The zero-order valence-corrected chi connectivity index (χ0v) is 29.8. The molecule has 2 aliphatic rings. The number of para-hydroxylation sites is 1. The molecule has 1 heteroatoms. The predicted molar refractivity (Wildman–Crippen MR) is 221 cm³/mol. The van der Waals surface area contributed by atoms with Crippen LogP contribution in [0.3, 0.4) is 0 Å². The van der Waals surface area contributed by atoms with Gasteiger partial charge in [0.25, 0.3) is 0 Å². The van der Waals surface area contributed by atoms with Crippen molar-refractivity contribution in [1.82, 2.24) is 4.57 Å². The van der Waals surface area contributed by atoms with E-state index < -0.39 is 5.41 Å². The summed E-state index contributed by atoms with van der Waals surface area (Å²) in [6, 6.07) is 70.2. The van der Waals surface area contributed by atoms with Crippen LogP contribution in [-0.2, 0) is 10.8 Å². The van der Waals surface area contributed by atoms with Crippen molar-refractivity contribution in [2.24, 2.45) is 0 Å². The third-order valence-electron chi connectivity index (χ3n) is 12.3. The van der Waals surface area contributed by atoms with Gasteiger partial charge in [-0.05, 0) is 91.5 Å². The molecular weight excluding hydrogens is 639 g/mol. The van der Waals surface area contributed by atoms with E-state index in [9.17, 15) is 0 Å². The molecule has 0 fully saturated rings. The van der Waals surface area contributed by atoms with E-state index in [1.807, 2.05) is 0 Å². The molecule has 1 heterocycles. The number of fused-ring (bicyclic) bond motifs is 9. The Morgan fingerprint density at radius 3 is 1.57 bits per heavy atom. The van der Waals surface area contributed by atoms with Crippen LogP contribution in [0.2, 0.25) is 0 Å². The number of rotatable bonds is 4. The first kappa shape index (κ1) is 30.2. The van der Waals surface area contributed by atoms with E-state index in [1.54, 1.807) is 0 Å². The molecule has 9 aromatic rings. The lowest BCUT2D eigenvalue weighted by molar-refractivity contribution is 0.661. The summed E-state index contributed by atoms with van der Waals surface area (Å²) < 4.78 is 2.53.